The average molecular weight is 632 g/mol. The number of H-pyrrole nitrogens is 1. The highest BCUT2D eigenvalue weighted by Gasteiger charge is 2.33. The Morgan fingerprint density at radius 2 is 1.79 bits per heavy atom. The Morgan fingerprint density at radius 3 is 2.51 bits per heavy atom. The lowest BCUT2D eigenvalue weighted by atomic mass is 9.87. The summed E-state index contributed by atoms with van der Waals surface area (Å²) >= 11 is 0. The third kappa shape index (κ3) is 7.10. The molecule has 9 nitrogen and oxygen atoms in total. The molecule has 3 aromatic carbocycles. The summed E-state index contributed by atoms with van der Waals surface area (Å²) in [6.45, 7) is 6.16. The van der Waals surface area contributed by atoms with E-state index in [1.807, 2.05) is 75.7 Å². The van der Waals surface area contributed by atoms with Gasteiger partial charge >= 0.3 is 6.03 Å². The predicted octanol–water partition coefficient (Wildman–Crippen LogP) is 6.64. The highest BCUT2D eigenvalue weighted by molar-refractivity contribution is 6.01. The summed E-state index contributed by atoms with van der Waals surface area (Å²) in [5, 5.41) is 11.8. The lowest BCUT2D eigenvalue weighted by Crippen LogP contribution is -2.53. The maximum atomic E-state index is 14.4. The van der Waals surface area contributed by atoms with E-state index < -0.39 is 6.04 Å². The fourth-order valence-corrected chi connectivity index (χ4v) is 6.91. The SMILES string of the molecule is Cc1ccccc1C1CCN(C(=O)N[C@@H](C(=O)Nc2cc(CN(C)C)ccc2-c2cnn(C)c2)[C@H](C)c2c[nH]c3ccccc23)CC1. The number of aryl methyl sites for hydroxylation is 2. The molecule has 0 bridgehead atoms. The van der Waals surface area contributed by atoms with Crippen LogP contribution in [0.15, 0.2) is 85.3 Å². The van der Waals surface area contributed by atoms with Gasteiger partial charge in [0, 0.05) is 72.7 Å². The second-order valence-electron chi connectivity index (χ2n) is 13.1. The van der Waals surface area contributed by atoms with Gasteiger partial charge in [-0.1, -0.05) is 61.5 Å². The molecule has 47 heavy (non-hydrogen) atoms. The summed E-state index contributed by atoms with van der Waals surface area (Å²) in [5.74, 6) is -0.158. The number of amides is 3. The monoisotopic (exact) mass is 631 g/mol. The minimum Gasteiger partial charge on any atom is -0.361 e. The van der Waals surface area contributed by atoms with Gasteiger partial charge in [-0.3, -0.25) is 9.48 Å². The number of carbonyl (C=O) groups excluding carboxylic acids is 2. The number of nitrogens with zero attached hydrogens (tertiary/aromatic N) is 4. The van der Waals surface area contributed by atoms with Crippen molar-refractivity contribution >= 4 is 28.5 Å². The zero-order chi connectivity index (χ0) is 33.1. The molecule has 0 saturated carbocycles. The van der Waals surface area contributed by atoms with Gasteiger partial charge in [-0.15, -0.1) is 0 Å². The standard InChI is InChI=1S/C38H45N7O2/c1-25-10-6-7-11-30(25)28-16-18-45(19-17-28)38(47)42-36(26(2)33-22-39-34-13-9-8-12-32(33)34)37(46)41-35-20-27(23-43(3)4)14-15-31(35)29-21-40-44(5)24-29/h6-15,20-22,24,26,28,36,39H,16-19,23H2,1-5H3,(H,41,46)(H,42,47)/t26-,36-/m1/s1. The van der Waals surface area contributed by atoms with Crippen molar-refractivity contribution in [3.05, 3.63) is 108 Å². The number of anilines is 1. The molecule has 0 spiro atoms. The van der Waals surface area contributed by atoms with Crippen LogP contribution in [0.5, 0.6) is 0 Å². The van der Waals surface area contributed by atoms with Crippen molar-refractivity contribution < 1.29 is 9.59 Å². The van der Waals surface area contributed by atoms with E-state index in [1.54, 1.807) is 10.9 Å². The fourth-order valence-electron chi connectivity index (χ4n) is 6.91. The van der Waals surface area contributed by atoms with Crippen LogP contribution in [0.3, 0.4) is 0 Å². The van der Waals surface area contributed by atoms with E-state index in [-0.39, 0.29) is 17.9 Å². The van der Waals surface area contributed by atoms with Gasteiger partial charge in [0.05, 0.1) is 6.20 Å². The number of para-hydroxylation sites is 1. The van der Waals surface area contributed by atoms with Gasteiger partial charge in [0.15, 0.2) is 0 Å². The van der Waals surface area contributed by atoms with Crippen molar-refractivity contribution in [3.63, 3.8) is 0 Å². The van der Waals surface area contributed by atoms with Crippen LogP contribution in [0.4, 0.5) is 10.5 Å². The zero-order valence-corrected chi connectivity index (χ0v) is 28.0. The molecule has 1 aliphatic rings. The molecule has 2 aromatic heterocycles. The number of nitrogens with one attached hydrogen (secondary N) is 3. The zero-order valence-electron chi connectivity index (χ0n) is 28.0. The Morgan fingerprint density at radius 1 is 1.04 bits per heavy atom. The van der Waals surface area contributed by atoms with E-state index in [2.05, 4.69) is 68.9 Å². The Labute approximate surface area is 277 Å². The number of carbonyl (C=O) groups is 2. The number of rotatable bonds is 9. The van der Waals surface area contributed by atoms with Crippen LogP contribution in [-0.4, -0.2) is 69.7 Å². The molecular weight excluding hydrogens is 586 g/mol. The average Bonchev–Trinajstić information content (AvgIpc) is 3.70. The number of fused-ring (bicyclic) bond motifs is 1. The molecule has 5 aromatic rings. The van der Waals surface area contributed by atoms with Gasteiger partial charge in [-0.25, -0.2) is 4.79 Å². The van der Waals surface area contributed by atoms with E-state index in [0.717, 1.165) is 52.5 Å². The summed E-state index contributed by atoms with van der Waals surface area (Å²) in [6.07, 6.45) is 7.46. The van der Waals surface area contributed by atoms with Crippen molar-refractivity contribution in [2.45, 2.75) is 51.1 Å². The van der Waals surface area contributed by atoms with E-state index in [1.165, 1.54) is 11.1 Å². The summed E-state index contributed by atoms with van der Waals surface area (Å²) in [4.78, 5) is 35.6. The number of piperidine rings is 1. The minimum absolute atomic E-state index is 0.214. The van der Waals surface area contributed by atoms with Gasteiger partial charge in [0.2, 0.25) is 5.91 Å². The molecule has 3 amide bonds. The molecule has 1 fully saturated rings. The van der Waals surface area contributed by atoms with Crippen LogP contribution in [0.2, 0.25) is 0 Å². The van der Waals surface area contributed by atoms with Crippen molar-refractivity contribution in [2.24, 2.45) is 7.05 Å². The van der Waals surface area contributed by atoms with Gasteiger partial charge in [-0.05, 0) is 74.2 Å². The molecule has 3 N–H and O–H groups in total. The van der Waals surface area contributed by atoms with E-state index in [9.17, 15) is 9.59 Å². The van der Waals surface area contributed by atoms with Gasteiger partial charge in [-0.2, -0.15) is 5.10 Å². The number of likely N-dealkylation sites (tertiary alicyclic amines) is 1. The van der Waals surface area contributed by atoms with Gasteiger partial charge in [0.1, 0.15) is 6.04 Å². The topological polar surface area (TPSA) is 98.3 Å². The van der Waals surface area contributed by atoms with Gasteiger partial charge in [0.25, 0.3) is 0 Å². The fraction of sp³-hybridized carbons (Fsp3) is 0.342. The Balaban J connectivity index is 1.28. The van der Waals surface area contributed by atoms with Crippen LogP contribution in [-0.2, 0) is 18.4 Å². The normalized spacial score (nSPS) is 15.1. The van der Waals surface area contributed by atoms with Crippen LogP contribution < -0.4 is 10.6 Å². The quantitative estimate of drug-likeness (QED) is 0.170. The summed E-state index contributed by atoms with van der Waals surface area (Å²) in [5.41, 5.74) is 8.16. The minimum atomic E-state index is -0.824. The Bertz CT molecular complexity index is 1860. The molecule has 9 heteroatoms. The molecule has 1 aliphatic heterocycles. The van der Waals surface area contributed by atoms with Crippen molar-refractivity contribution in [2.75, 3.05) is 32.5 Å². The summed E-state index contributed by atoms with van der Waals surface area (Å²) in [7, 11) is 5.91. The maximum Gasteiger partial charge on any atom is 0.318 e. The molecule has 0 unspecified atom stereocenters. The highest BCUT2D eigenvalue weighted by Crippen LogP contribution is 2.33. The van der Waals surface area contributed by atoms with Crippen LogP contribution in [0.1, 0.15) is 53.9 Å². The molecule has 0 aliphatic carbocycles. The van der Waals surface area contributed by atoms with Gasteiger partial charge < -0.3 is 25.4 Å². The van der Waals surface area contributed by atoms with Crippen molar-refractivity contribution in [3.8, 4) is 11.1 Å². The van der Waals surface area contributed by atoms with E-state index in [4.69, 9.17) is 0 Å². The first-order chi connectivity index (χ1) is 22.7. The van der Waals surface area contributed by atoms with E-state index in [0.29, 0.717) is 24.7 Å². The van der Waals surface area contributed by atoms with E-state index >= 15 is 0 Å². The smallest absolute Gasteiger partial charge is 0.318 e. The number of aromatic nitrogens is 3. The first kappa shape index (κ1) is 32.1. The molecule has 6 rings (SSSR count). The summed E-state index contributed by atoms with van der Waals surface area (Å²) in [6, 6.07) is 21.7. The molecule has 244 valence electrons. The number of hydrogen-bond donors (Lipinski definition) is 3. The number of benzene rings is 3. The second-order valence-corrected chi connectivity index (χ2v) is 13.1. The van der Waals surface area contributed by atoms with Crippen molar-refractivity contribution in [1.29, 1.82) is 0 Å². The predicted molar refractivity (Wildman–Crippen MR) is 188 cm³/mol. The lowest BCUT2D eigenvalue weighted by molar-refractivity contribution is -0.118. The first-order valence-electron chi connectivity index (χ1n) is 16.4. The molecule has 3 heterocycles. The highest BCUT2D eigenvalue weighted by atomic mass is 16.2. The molecule has 2 atom stereocenters. The van der Waals surface area contributed by atoms with Crippen LogP contribution >= 0.6 is 0 Å². The number of hydrogen-bond acceptors (Lipinski definition) is 4. The number of aromatic amines is 1. The Hall–Kier alpha value is -4.89. The molecule has 0 radical (unpaired) electrons. The second kappa shape index (κ2) is 13.8. The third-order valence-corrected chi connectivity index (χ3v) is 9.44. The largest absolute Gasteiger partial charge is 0.361 e. The third-order valence-electron chi connectivity index (χ3n) is 9.44. The summed E-state index contributed by atoms with van der Waals surface area (Å²) < 4.78 is 1.75. The van der Waals surface area contributed by atoms with Crippen molar-refractivity contribution in [1.82, 2.24) is 29.9 Å². The first-order valence-corrected chi connectivity index (χ1v) is 16.4. The maximum absolute atomic E-state index is 14.4. The van der Waals surface area contributed by atoms with Crippen LogP contribution in [0.25, 0.3) is 22.0 Å². The lowest BCUT2D eigenvalue weighted by Gasteiger charge is -2.34. The number of urea groups is 1. The Kier molecular flexibility index (Phi) is 9.45. The molecular formula is C38H45N7O2. The molecule has 1 saturated heterocycles. The van der Waals surface area contributed by atoms with Crippen LogP contribution in [0, 0.1) is 6.92 Å².